The van der Waals surface area contributed by atoms with Crippen molar-refractivity contribution in [3.63, 3.8) is 0 Å². The summed E-state index contributed by atoms with van der Waals surface area (Å²) in [6.45, 7) is 6.57. The number of hydrogen-bond acceptors (Lipinski definition) is 6. The van der Waals surface area contributed by atoms with E-state index in [4.69, 9.17) is 14.8 Å². The van der Waals surface area contributed by atoms with Gasteiger partial charge in [0.15, 0.2) is 5.65 Å². The molecule has 1 saturated heterocycles. The molecule has 180 valence electrons. The Hall–Kier alpha value is -3.66. The van der Waals surface area contributed by atoms with Gasteiger partial charge in [-0.3, -0.25) is 10.1 Å². The predicted octanol–water partition coefficient (Wildman–Crippen LogP) is 3.62. The Kier molecular flexibility index (Phi) is 7.27. The van der Waals surface area contributed by atoms with Gasteiger partial charge in [0.05, 0.1) is 17.3 Å². The number of nitrogens with zero attached hydrogens (tertiary/aromatic N) is 3. The van der Waals surface area contributed by atoms with Gasteiger partial charge < -0.3 is 20.5 Å². The fraction of sp³-hybridized carbons (Fsp3) is 0.417. The van der Waals surface area contributed by atoms with Crippen molar-refractivity contribution in [1.29, 1.82) is 0 Å². The molecule has 0 spiro atoms. The second-order valence-corrected chi connectivity index (χ2v) is 8.18. The van der Waals surface area contributed by atoms with Crippen LogP contribution in [0, 0.1) is 0 Å². The van der Waals surface area contributed by atoms with Crippen molar-refractivity contribution in [2.45, 2.75) is 52.2 Å². The lowest BCUT2D eigenvalue weighted by Gasteiger charge is -2.26. The number of benzene rings is 1. The quantitative estimate of drug-likeness (QED) is 0.399. The lowest BCUT2D eigenvalue weighted by molar-refractivity contribution is 0.0904. The zero-order chi connectivity index (χ0) is 24.1. The molecule has 2 amide bonds. The molecule has 1 fully saturated rings. The molecule has 10 nitrogen and oxygen atoms in total. The predicted molar refractivity (Wildman–Crippen MR) is 129 cm³/mol. The molecular weight excluding hydrogens is 436 g/mol. The molecule has 1 aliphatic heterocycles. The third-order valence-electron chi connectivity index (χ3n) is 6.00. The van der Waals surface area contributed by atoms with E-state index in [1.165, 1.54) is 0 Å². The fourth-order valence-corrected chi connectivity index (χ4v) is 4.20. The molecule has 0 radical (unpaired) electrons. The molecular formula is C24H30N6O4. The van der Waals surface area contributed by atoms with Gasteiger partial charge >= 0.3 is 6.09 Å². The first kappa shape index (κ1) is 23.5. The summed E-state index contributed by atoms with van der Waals surface area (Å²) in [5, 5.41) is 23.3. The zero-order valence-corrected chi connectivity index (χ0v) is 19.4. The number of carboxylic acid groups (broad SMARTS) is 1. The van der Waals surface area contributed by atoms with E-state index < -0.39 is 6.09 Å². The number of carbonyl (C=O) groups excluding carboxylic acids is 1. The molecule has 0 atom stereocenters. The van der Waals surface area contributed by atoms with Crippen LogP contribution in [0.25, 0.3) is 11.0 Å². The number of fused-ring (bicyclic) bond motifs is 1. The highest BCUT2D eigenvalue weighted by molar-refractivity contribution is 5.96. The summed E-state index contributed by atoms with van der Waals surface area (Å²) < 4.78 is 7.40. The lowest BCUT2D eigenvalue weighted by Crippen LogP contribution is -2.30. The minimum Gasteiger partial charge on any atom is -0.465 e. The van der Waals surface area contributed by atoms with Crippen LogP contribution in [-0.2, 0) is 24.2 Å². The number of aryl methyl sites for hydroxylation is 2. The summed E-state index contributed by atoms with van der Waals surface area (Å²) in [5.74, 6) is -0.245. The van der Waals surface area contributed by atoms with Gasteiger partial charge in [0.2, 0.25) is 0 Å². The lowest BCUT2D eigenvalue weighted by atomic mass is 10.0. The van der Waals surface area contributed by atoms with Gasteiger partial charge in [0.1, 0.15) is 0 Å². The Balaban J connectivity index is 1.61. The number of pyridine rings is 1. The van der Waals surface area contributed by atoms with Crippen molar-refractivity contribution in [3.8, 4) is 0 Å². The summed E-state index contributed by atoms with van der Waals surface area (Å²) in [4.78, 5) is 28.5. The van der Waals surface area contributed by atoms with Gasteiger partial charge in [-0.25, -0.2) is 14.5 Å². The Morgan fingerprint density at radius 2 is 1.91 bits per heavy atom. The number of nitrogens with one attached hydrogen (secondary N) is 3. The second kappa shape index (κ2) is 10.5. The molecule has 3 heterocycles. The normalized spacial score (nSPS) is 14.2. The Bertz CT molecular complexity index is 1170. The van der Waals surface area contributed by atoms with Crippen LogP contribution < -0.4 is 16.0 Å². The molecule has 0 unspecified atom stereocenters. The van der Waals surface area contributed by atoms with Crippen LogP contribution >= 0.6 is 0 Å². The highest BCUT2D eigenvalue weighted by Crippen LogP contribution is 2.31. The van der Waals surface area contributed by atoms with Gasteiger partial charge in [-0.1, -0.05) is 6.92 Å². The Labute approximate surface area is 197 Å². The van der Waals surface area contributed by atoms with Crippen molar-refractivity contribution in [1.82, 2.24) is 20.1 Å². The van der Waals surface area contributed by atoms with Crippen molar-refractivity contribution in [3.05, 3.63) is 47.3 Å². The highest BCUT2D eigenvalue weighted by Gasteiger charge is 2.22. The van der Waals surface area contributed by atoms with E-state index >= 15 is 0 Å². The number of aromatic nitrogens is 3. The first-order valence-corrected chi connectivity index (χ1v) is 11.6. The molecule has 1 aliphatic rings. The topological polar surface area (TPSA) is 130 Å². The van der Waals surface area contributed by atoms with E-state index in [1.54, 1.807) is 24.3 Å². The maximum absolute atomic E-state index is 12.8. The summed E-state index contributed by atoms with van der Waals surface area (Å²) in [6.07, 6.45) is 3.23. The van der Waals surface area contributed by atoms with Gasteiger partial charge in [-0.2, -0.15) is 5.10 Å². The molecule has 1 aromatic carbocycles. The number of anilines is 2. The van der Waals surface area contributed by atoms with Gasteiger partial charge in [-0.15, -0.1) is 0 Å². The van der Waals surface area contributed by atoms with E-state index in [9.17, 15) is 9.59 Å². The van der Waals surface area contributed by atoms with E-state index in [1.807, 2.05) is 17.8 Å². The summed E-state index contributed by atoms with van der Waals surface area (Å²) in [5.41, 5.74) is 4.53. The average Bonchev–Trinajstić information content (AvgIpc) is 3.26. The first-order chi connectivity index (χ1) is 16.5. The summed E-state index contributed by atoms with van der Waals surface area (Å²) in [7, 11) is 0. The minimum absolute atomic E-state index is 0.245. The average molecular weight is 467 g/mol. The van der Waals surface area contributed by atoms with Gasteiger partial charge in [-0.05, 0) is 50.5 Å². The molecule has 3 aromatic rings. The molecule has 0 aliphatic carbocycles. The Morgan fingerprint density at radius 1 is 1.18 bits per heavy atom. The second-order valence-electron chi connectivity index (χ2n) is 8.18. The van der Waals surface area contributed by atoms with E-state index in [2.05, 4.69) is 28.0 Å². The monoisotopic (exact) mass is 466 g/mol. The van der Waals surface area contributed by atoms with Gasteiger partial charge in [0, 0.05) is 54.9 Å². The first-order valence-electron chi connectivity index (χ1n) is 11.6. The molecule has 4 N–H and O–H groups in total. The van der Waals surface area contributed by atoms with Crippen LogP contribution in [0.3, 0.4) is 0 Å². The van der Waals surface area contributed by atoms with Crippen LogP contribution in [-0.4, -0.2) is 51.1 Å². The maximum atomic E-state index is 12.8. The molecule has 10 heteroatoms. The van der Waals surface area contributed by atoms with Crippen molar-refractivity contribution in [2.75, 3.05) is 23.8 Å². The van der Waals surface area contributed by atoms with Crippen molar-refractivity contribution in [2.24, 2.45) is 0 Å². The molecule has 0 saturated carbocycles. The van der Waals surface area contributed by atoms with Crippen LogP contribution in [0.15, 0.2) is 30.5 Å². The van der Waals surface area contributed by atoms with Crippen LogP contribution in [0.5, 0.6) is 0 Å². The Morgan fingerprint density at radius 3 is 2.56 bits per heavy atom. The zero-order valence-electron chi connectivity index (χ0n) is 19.4. The maximum Gasteiger partial charge on any atom is 0.409 e. The van der Waals surface area contributed by atoms with E-state index in [0.29, 0.717) is 24.2 Å². The molecule has 4 rings (SSSR count). The van der Waals surface area contributed by atoms with Crippen molar-refractivity contribution >= 4 is 34.4 Å². The number of hydrogen-bond donors (Lipinski definition) is 4. The van der Waals surface area contributed by atoms with E-state index in [-0.39, 0.29) is 11.9 Å². The molecule has 0 bridgehead atoms. The fourth-order valence-electron chi connectivity index (χ4n) is 4.20. The smallest absolute Gasteiger partial charge is 0.409 e. The SMILES string of the molecule is CCc1nc2c(cnn2CC)c(NC2CCOCC2)c1CNC(=O)c1ccc(NC(=O)O)cc1. The number of carbonyl (C=O) groups is 2. The van der Waals surface area contributed by atoms with Gasteiger partial charge in [0.25, 0.3) is 5.91 Å². The third-order valence-corrected chi connectivity index (χ3v) is 6.00. The standard InChI is InChI=1S/C24H30N6O4/c1-3-20-18(13-25-23(31)15-5-7-16(8-6-15)28-24(32)33)21(27-17-9-11-34-12-10-17)19-14-26-30(4-2)22(19)29-20/h5-8,14,17,28H,3-4,9-13H2,1-2H3,(H,25,31)(H,27,29)(H,32,33). The summed E-state index contributed by atoms with van der Waals surface area (Å²) in [6, 6.07) is 6.58. The summed E-state index contributed by atoms with van der Waals surface area (Å²) >= 11 is 0. The van der Waals surface area contributed by atoms with Crippen molar-refractivity contribution < 1.29 is 19.4 Å². The minimum atomic E-state index is -1.15. The number of rotatable bonds is 8. The highest BCUT2D eigenvalue weighted by atomic mass is 16.5. The number of amides is 2. The molecule has 2 aromatic heterocycles. The largest absolute Gasteiger partial charge is 0.465 e. The third kappa shape index (κ3) is 5.12. The molecule has 34 heavy (non-hydrogen) atoms. The number of ether oxygens (including phenoxy) is 1. The van der Waals surface area contributed by atoms with Crippen LogP contribution in [0.2, 0.25) is 0 Å². The van der Waals surface area contributed by atoms with Crippen LogP contribution in [0.4, 0.5) is 16.2 Å². The van der Waals surface area contributed by atoms with Crippen LogP contribution in [0.1, 0.15) is 48.3 Å². The van der Waals surface area contributed by atoms with E-state index in [0.717, 1.165) is 60.6 Å².